The van der Waals surface area contributed by atoms with Crippen molar-refractivity contribution in [1.29, 1.82) is 0 Å². The third kappa shape index (κ3) is 4.47. The maximum atomic E-state index is 13.0. The molecule has 0 amide bonds. The number of nitrogens with zero attached hydrogens (tertiary/aromatic N) is 2. The summed E-state index contributed by atoms with van der Waals surface area (Å²) in [6.45, 7) is 3.98. The summed E-state index contributed by atoms with van der Waals surface area (Å²) in [6, 6.07) is 13.0. The number of hydrogen-bond donors (Lipinski definition) is 0. The Hall–Kier alpha value is -2.71. The number of rotatable bonds is 9. The second-order valence-electron chi connectivity index (χ2n) is 5.48. The first-order valence-electron chi connectivity index (χ1n) is 7.87. The molecule has 0 fully saturated rings. The average Bonchev–Trinajstić information content (AvgIpc) is 2.65. The van der Waals surface area contributed by atoms with Gasteiger partial charge in [-0.25, -0.2) is 8.42 Å². The van der Waals surface area contributed by atoms with Gasteiger partial charge in [0.15, 0.2) is 0 Å². The summed E-state index contributed by atoms with van der Waals surface area (Å²) >= 11 is 0. The van der Waals surface area contributed by atoms with Crippen LogP contribution in [0.15, 0.2) is 66.1 Å². The van der Waals surface area contributed by atoms with Crippen molar-refractivity contribution in [2.45, 2.75) is 11.3 Å². The highest BCUT2D eigenvalue weighted by molar-refractivity contribution is 7.89. The fourth-order valence-corrected chi connectivity index (χ4v) is 4.02. The first-order valence-corrected chi connectivity index (χ1v) is 9.31. The molecule has 0 bridgehead atoms. The number of ether oxygens (including phenoxy) is 1. The minimum absolute atomic E-state index is 0.0621. The molecular weight excluding hydrogens is 356 g/mol. The van der Waals surface area contributed by atoms with Crippen molar-refractivity contribution < 1.29 is 18.1 Å². The molecule has 0 saturated heterocycles. The molecule has 7 nitrogen and oxygen atoms in total. The van der Waals surface area contributed by atoms with E-state index in [1.54, 1.807) is 0 Å². The van der Waals surface area contributed by atoms with Crippen molar-refractivity contribution in [3.05, 3.63) is 76.9 Å². The van der Waals surface area contributed by atoms with E-state index >= 15 is 0 Å². The van der Waals surface area contributed by atoms with Crippen molar-refractivity contribution in [3.8, 4) is 5.75 Å². The quantitative estimate of drug-likeness (QED) is 0.381. The summed E-state index contributed by atoms with van der Waals surface area (Å²) in [5.41, 5.74) is 0.771. The molecule has 2 aromatic rings. The Morgan fingerprint density at radius 1 is 1.23 bits per heavy atom. The van der Waals surface area contributed by atoms with E-state index in [-0.39, 0.29) is 29.4 Å². The molecule has 0 radical (unpaired) electrons. The number of benzene rings is 2. The van der Waals surface area contributed by atoms with E-state index in [9.17, 15) is 18.5 Å². The van der Waals surface area contributed by atoms with Gasteiger partial charge in [0.05, 0.1) is 18.1 Å². The highest BCUT2D eigenvalue weighted by Gasteiger charge is 2.28. The van der Waals surface area contributed by atoms with Crippen molar-refractivity contribution in [2.75, 3.05) is 20.2 Å². The van der Waals surface area contributed by atoms with Crippen molar-refractivity contribution in [2.24, 2.45) is 0 Å². The van der Waals surface area contributed by atoms with E-state index < -0.39 is 14.9 Å². The lowest BCUT2D eigenvalue weighted by Gasteiger charge is -2.22. The molecule has 26 heavy (non-hydrogen) atoms. The highest BCUT2D eigenvalue weighted by atomic mass is 32.2. The van der Waals surface area contributed by atoms with Crippen LogP contribution in [0, 0.1) is 10.1 Å². The molecule has 0 saturated carbocycles. The summed E-state index contributed by atoms with van der Waals surface area (Å²) in [4.78, 5) is 10.2. The summed E-state index contributed by atoms with van der Waals surface area (Å²) in [5, 5.41) is 10.9. The third-order valence-corrected chi connectivity index (χ3v) is 5.71. The first kappa shape index (κ1) is 19.6. The van der Waals surface area contributed by atoms with Gasteiger partial charge >= 0.3 is 0 Å². The SMILES string of the molecule is C=CCN(CCc1ccccc1)S(=O)(=O)c1ccc([N+](=O)[O-])cc1OC. The van der Waals surface area contributed by atoms with E-state index in [4.69, 9.17) is 4.74 Å². The van der Waals surface area contributed by atoms with E-state index in [0.29, 0.717) is 6.42 Å². The zero-order valence-electron chi connectivity index (χ0n) is 14.4. The standard InChI is InChI=1S/C18H20N2O5S/c1-3-12-19(13-11-15-7-5-4-6-8-15)26(23,24)18-10-9-16(20(21)22)14-17(18)25-2/h3-10,14H,1,11-13H2,2H3. The fourth-order valence-electron chi connectivity index (χ4n) is 2.47. The molecule has 0 aliphatic rings. The molecule has 0 spiro atoms. The largest absolute Gasteiger partial charge is 0.495 e. The molecule has 0 unspecified atom stereocenters. The molecule has 0 aliphatic carbocycles. The van der Waals surface area contributed by atoms with Crippen LogP contribution in [0.1, 0.15) is 5.56 Å². The van der Waals surface area contributed by atoms with Gasteiger partial charge in [0.2, 0.25) is 10.0 Å². The minimum Gasteiger partial charge on any atom is -0.495 e. The predicted octanol–water partition coefficient (Wildman–Crippen LogP) is 3.02. The zero-order valence-corrected chi connectivity index (χ0v) is 15.2. The van der Waals surface area contributed by atoms with Crippen molar-refractivity contribution in [3.63, 3.8) is 0 Å². The van der Waals surface area contributed by atoms with Crippen LogP contribution in [0.25, 0.3) is 0 Å². The van der Waals surface area contributed by atoms with Gasteiger partial charge in [-0.1, -0.05) is 36.4 Å². The maximum absolute atomic E-state index is 13.0. The molecule has 0 heterocycles. The summed E-state index contributed by atoms with van der Waals surface area (Å²) in [7, 11) is -2.63. The second kappa shape index (κ2) is 8.59. The van der Waals surface area contributed by atoms with Gasteiger partial charge in [-0.05, 0) is 18.1 Å². The third-order valence-electron chi connectivity index (χ3n) is 3.80. The highest BCUT2D eigenvalue weighted by Crippen LogP contribution is 2.30. The fraction of sp³-hybridized carbons (Fsp3) is 0.222. The van der Waals surface area contributed by atoms with Crippen LogP contribution in [-0.4, -0.2) is 37.8 Å². The van der Waals surface area contributed by atoms with Crippen molar-refractivity contribution in [1.82, 2.24) is 4.31 Å². The summed E-state index contributed by atoms with van der Waals surface area (Å²) in [5.74, 6) is -0.0621. The van der Waals surface area contributed by atoms with Crippen molar-refractivity contribution >= 4 is 15.7 Å². The van der Waals surface area contributed by atoms with Gasteiger partial charge in [-0.3, -0.25) is 10.1 Å². The molecular formula is C18H20N2O5S. The predicted molar refractivity (Wildman–Crippen MR) is 98.8 cm³/mol. The lowest BCUT2D eigenvalue weighted by atomic mass is 10.1. The number of non-ortho nitro benzene ring substituents is 1. The Morgan fingerprint density at radius 3 is 2.50 bits per heavy atom. The zero-order chi connectivity index (χ0) is 19.2. The van der Waals surface area contributed by atoms with Gasteiger partial charge < -0.3 is 4.74 Å². The smallest absolute Gasteiger partial charge is 0.273 e. The molecule has 0 aliphatic heterocycles. The normalized spacial score (nSPS) is 11.3. The Labute approximate surface area is 152 Å². The topological polar surface area (TPSA) is 89.8 Å². The molecule has 8 heteroatoms. The summed E-state index contributed by atoms with van der Waals surface area (Å²) in [6.07, 6.45) is 2.03. The second-order valence-corrected chi connectivity index (χ2v) is 7.39. The number of hydrogen-bond acceptors (Lipinski definition) is 5. The number of nitro groups is 1. The summed E-state index contributed by atoms with van der Waals surface area (Å²) < 4.78 is 32.4. The molecule has 138 valence electrons. The average molecular weight is 376 g/mol. The van der Waals surface area contributed by atoms with Crippen LogP contribution < -0.4 is 4.74 Å². The van der Waals surface area contributed by atoms with Crippen LogP contribution in [0.3, 0.4) is 0 Å². The van der Waals surface area contributed by atoms with E-state index in [2.05, 4.69) is 6.58 Å². The molecule has 2 aromatic carbocycles. The lowest BCUT2D eigenvalue weighted by Crippen LogP contribution is -2.33. The van der Waals surface area contributed by atoms with Gasteiger partial charge in [-0.2, -0.15) is 4.31 Å². The van der Waals surface area contributed by atoms with Crippen LogP contribution >= 0.6 is 0 Å². The molecule has 0 aromatic heterocycles. The van der Waals surface area contributed by atoms with Crippen LogP contribution in [0.4, 0.5) is 5.69 Å². The molecule has 0 atom stereocenters. The monoisotopic (exact) mass is 376 g/mol. The first-order chi connectivity index (χ1) is 12.4. The van der Waals surface area contributed by atoms with Gasteiger partial charge in [0.1, 0.15) is 10.6 Å². The van der Waals surface area contributed by atoms with E-state index in [1.807, 2.05) is 30.3 Å². The Bertz CT molecular complexity index is 882. The van der Waals surface area contributed by atoms with Gasteiger partial charge in [-0.15, -0.1) is 6.58 Å². The number of methoxy groups -OCH3 is 1. The van der Waals surface area contributed by atoms with E-state index in [1.165, 1.54) is 23.6 Å². The Kier molecular flexibility index (Phi) is 6.48. The minimum atomic E-state index is -3.90. The maximum Gasteiger partial charge on any atom is 0.273 e. The van der Waals surface area contributed by atoms with Crippen LogP contribution in [0.5, 0.6) is 5.75 Å². The van der Waals surface area contributed by atoms with Crippen LogP contribution in [-0.2, 0) is 16.4 Å². The number of nitro benzene ring substituents is 1. The molecule has 0 N–H and O–H groups in total. The lowest BCUT2D eigenvalue weighted by molar-refractivity contribution is -0.385. The Morgan fingerprint density at radius 2 is 1.92 bits per heavy atom. The Balaban J connectivity index is 2.34. The number of sulfonamides is 1. The van der Waals surface area contributed by atoms with Gasteiger partial charge in [0.25, 0.3) is 5.69 Å². The molecule has 2 rings (SSSR count). The van der Waals surface area contributed by atoms with Crippen LogP contribution in [0.2, 0.25) is 0 Å². The van der Waals surface area contributed by atoms with E-state index in [0.717, 1.165) is 17.7 Å². The van der Waals surface area contributed by atoms with Gasteiger partial charge in [0, 0.05) is 19.2 Å².